The third-order valence-electron chi connectivity index (χ3n) is 1.32. The number of hydrogen-bond donors (Lipinski definition) is 2. The molecule has 4 heteroatoms. The monoisotopic (exact) mass is 169 g/mol. The van der Waals surface area contributed by atoms with Crippen molar-refractivity contribution in [1.82, 2.24) is 4.98 Å². The van der Waals surface area contributed by atoms with Crippen LogP contribution in [0.3, 0.4) is 0 Å². The molecule has 0 fully saturated rings. The first kappa shape index (κ1) is 8.96. The van der Waals surface area contributed by atoms with Crippen LogP contribution in [-0.4, -0.2) is 28.4 Å². The third-order valence-corrected chi connectivity index (χ3v) is 1.32. The van der Waals surface area contributed by atoms with Crippen LogP contribution in [0.25, 0.3) is 0 Å². The number of pyridine rings is 1. The summed E-state index contributed by atoms with van der Waals surface area (Å²) in [6, 6.07) is 3.38. The van der Waals surface area contributed by atoms with Crippen LogP contribution in [0, 0.1) is 0 Å². The van der Waals surface area contributed by atoms with Gasteiger partial charge in [0.25, 0.3) is 0 Å². The maximum atomic E-state index is 8.68. The molecule has 0 atom stereocenters. The molecule has 0 saturated heterocycles. The molecule has 2 N–H and O–H groups in total. The molecule has 0 aromatic carbocycles. The molecule has 0 bridgehead atoms. The van der Waals surface area contributed by atoms with Crippen LogP contribution in [0.5, 0.6) is 5.88 Å². The van der Waals surface area contributed by atoms with Crippen LogP contribution < -0.4 is 4.74 Å². The summed E-state index contributed by atoms with van der Waals surface area (Å²) in [5, 5.41) is 17.1. The Labute approximate surface area is 70.4 Å². The Hall–Kier alpha value is -1.13. The molecule has 0 amide bonds. The first-order valence-corrected chi connectivity index (χ1v) is 3.66. The molecule has 0 aliphatic rings. The molecule has 4 nitrogen and oxygen atoms in total. The molecule has 66 valence electrons. The van der Waals surface area contributed by atoms with Crippen molar-refractivity contribution in [2.24, 2.45) is 0 Å². The van der Waals surface area contributed by atoms with E-state index in [0.717, 1.165) is 5.56 Å². The number of hydrogen-bond acceptors (Lipinski definition) is 4. The highest BCUT2D eigenvalue weighted by Crippen LogP contribution is 2.06. The summed E-state index contributed by atoms with van der Waals surface area (Å²) >= 11 is 0. The number of aliphatic hydroxyl groups is 2. The summed E-state index contributed by atoms with van der Waals surface area (Å²) in [6.45, 7) is 0.197. The van der Waals surface area contributed by atoms with Gasteiger partial charge < -0.3 is 14.9 Å². The molecular formula is C8H11NO3. The number of ether oxygens (including phenoxy) is 1. The Morgan fingerprint density at radius 1 is 1.33 bits per heavy atom. The minimum absolute atomic E-state index is 0.0206. The lowest BCUT2D eigenvalue weighted by molar-refractivity contribution is 0.196. The molecule has 1 aromatic rings. The fourth-order valence-corrected chi connectivity index (χ4v) is 0.740. The van der Waals surface area contributed by atoms with Gasteiger partial charge >= 0.3 is 0 Å². The van der Waals surface area contributed by atoms with Crippen molar-refractivity contribution in [2.75, 3.05) is 13.2 Å². The van der Waals surface area contributed by atoms with Crippen molar-refractivity contribution in [3.8, 4) is 5.88 Å². The molecule has 1 aromatic heterocycles. The van der Waals surface area contributed by atoms with Crippen molar-refractivity contribution in [3.05, 3.63) is 23.9 Å². The Bertz CT molecular complexity index is 222. The highest BCUT2D eigenvalue weighted by molar-refractivity contribution is 5.16. The molecular weight excluding hydrogens is 158 g/mol. The molecule has 0 radical (unpaired) electrons. The van der Waals surface area contributed by atoms with Gasteiger partial charge in [-0.25, -0.2) is 4.98 Å². The van der Waals surface area contributed by atoms with Crippen molar-refractivity contribution < 1.29 is 14.9 Å². The van der Waals surface area contributed by atoms with E-state index in [1.165, 1.54) is 6.20 Å². The van der Waals surface area contributed by atoms with Crippen molar-refractivity contribution in [2.45, 2.75) is 6.61 Å². The lowest BCUT2D eigenvalue weighted by Crippen LogP contribution is -2.02. The predicted octanol–water partition coefficient (Wildman–Crippen LogP) is -0.0550. The minimum atomic E-state index is -0.0244. The van der Waals surface area contributed by atoms with Gasteiger partial charge in [0.05, 0.1) is 13.2 Å². The summed E-state index contributed by atoms with van der Waals surface area (Å²) in [4.78, 5) is 3.89. The quantitative estimate of drug-likeness (QED) is 0.663. The standard InChI is InChI=1S/C8H11NO3/c10-3-4-12-8-2-1-7(6-11)5-9-8/h1-2,5,10-11H,3-4,6H2. The molecule has 12 heavy (non-hydrogen) atoms. The summed E-state index contributed by atoms with van der Waals surface area (Å²) in [5.41, 5.74) is 0.742. The van der Waals surface area contributed by atoms with Crippen LogP contribution in [0.2, 0.25) is 0 Å². The van der Waals surface area contributed by atoms with E-state index in [1.807, 2.05) is 0 Å². The zero-order valence-electron chi connectivity index (χ0n) is 6.60. The second kappa shape index (κ2) is 4.69. The van der Waals surface area contributed by atoms with Gasteiger partial charge in [-0.3, -0.25) is 0 Å². The first-order valence-electron chi connectivity index (χ1n) is 3.66. The Morgan fingerprint density at radius 2 is 2.17 bits per heavy atom. The normalized spacial score (nSPS) is 9.83. The smallest absolute Gasteiger partial charge is 0.213 e. The van der Waals surface area contributed by atoms with E-state index in [2.05, 4.69) is 4.98 Å². The van der Waals surface area contributed by atoms with Gasteiger partial charge in [0.1, 0.15) is 6.61 Å². The molecule has 0 unspecified atom stereocenters. The number of rotatable bonds is 4. The van der Waals surface area contributed by atoms with E-state index in [4.69, 9.17) is 14.9 Å². The number of aliphatic hydroxyl groups excluding tert-OH is 2. The van der Waals surface area contributed by atoms with Crippen LogP contribution >= 0.6 is 0 Å². The van der Waals surface area contributed by atoms with E-state index >= 15 is 0 Å². The summed E-state index contributed by atoms with van der Waals surface area (Å²) < 4.78 is 5.01. The van der Waals surface area contributed by atoms with Crippen LogP contribution in [0.4, 0.5) is 0 Å². The molecule has 0 aliphatic carbocycles. The van der Waals surface area contributed by atoms with Gasteiger partial charge in [-0.05, 0) is 11.6 Å². The largest absolute Gasteiger partial charge is 0.475 e. The fraction of sp³-hybridized carbons (Fsp3) is 0.375. The maximum Gasteiger partial charge on any atom is 0.213 e. The molecule has 0 saturated carbocycles. The fourth-order valence-electron chi connectivity index (χ4n) is 0.740. The Morgan fingerprint density at radius 3 is 2.67 bits per heavy atom. The van der Waals surface area contributed by atoms with Gasteiger partial charge in [0.15, 0.2) is 0 Å². The molecule has 0 aliphatic heterocycles. The second-order valence-corrected chi connectivity index (χ2v) is 2.23. The average molecular weight is 169 g/mol. The zero-order valence-corrected chi connectivity index (χ0v) is 6.60. The van der Waals surface area contributed by atoms with E-state index < -0.39 is 0 Å². The highest BCUT2D eigenvalue weighted by Gasteiger charge is 1.94. The van der Waals surface area contributed by atoms with Crippen LogP contribution in [0.1, 0.15) is 5.56 Å². The van der Waals surface area contributed by atoms with Gasteiger partial charge in [-0.1, -0.05) is 0 Å². The summed E-state index contributed by atoms with van der Waals surface area (Å²) in [6.07, 6.45) is 1.53. The lowest BCUT2D eigenvalue weighted by atomic mass is 10.3. The van der Waals surface area contributed by atoms with Crippen molar-refractivity contribution in [1.29, 1.82) is 0 Å². The third kappa shape index (κ3) is 2.48. The summed E-state index contributed by atoms with van der Waals surface area (Å²) in [5.74, 6) is 0.459. The van der Waals surface area contributed by atoms with E-state index in [9.17, 15) is 0 Å². The van der Waals surface area contributed by atoms with Gasteiger partial charge in [-0.2, -0.15) is 0 Å². The van der Waals surface area contributed by atoms with E-state index in [0.29, 0.717) is 5.88 Å². The number of nitrogens with zero attached hydrogens (tertiary/aromatic N) is 1. The van der Waals surface area contributed by atoms with Crippen molar-refractivity contribution >= 4 is 0 Å². The number of aromatic nitrogens is 1. The Kier molecular flexibility index (Phi) is 3.50. The predicted molar refractivity (Wildman–Crippen MR) is 42.7 cm³/mol. The topological polar surface area (TPSA) is 62.6 Å². The SMILES string of the molecule is OCCOc1ccc(CO)cn1. The first-order chi connectivity index (χ1) is 5.86. The average Bonchev–Trinajstić information content (AvgIpc) is 2.15. The van der Waals surface area contributed by atoms with Gasteiger partial charge in [0, 0.05) is 12.3 Å². The van der Waals surface area contributed by atoms with Gasteiger partial charge in [0.2, 0.25) is 5.88 Å². The lowest BCUT2D eigenvalue weighted by Gasteiger charge is -2.02. The molecule has 1 heterocycles. The molecule has 0 spiro atoms. The maximum absolute atomic E-state index is 8.68. The van der Waals surface area contributed by atoms with Crippen LogP contribution in [-0.2, 0) is 6.61 Å². The van der Waals surface area contributed by atoms with E-state index in [1.54, 1.807) is 12.1 Å². The van der Waals surface area contributed by atoms with Crippen molar-refractivity contribution in [3.63, 3.8) is 0 Å². The summed E-state index contributed by atoms with van der Waals surface area (Å²) in [7, 11) is 0. The minimum Gasteiger partial charge on any atom is -0.475 e. The Balaban J connectivity index is 2.53. The zero-order chi connectivity index (χ0) is 8.81. The van der Waals surface area contributed by atoms with Crippen LogP contribution in [0.15, 0.2) is 18.3 Å². The van der Waals surface area contributed by atoms with Gasteiger partial charge in [-0.15, -0.1) is 0 Å². The highest BCUT2D eigenvalue weighted by atomic mass is 16.5. The van der Waals surface area contributed by atoms with E-state index in [-0.39, 0.29) is 19.8 Å². The second-order valence-electron chi connectivity index (χ2n) is 2.23. The molecule has 1 rings (SSSR count).